The minimum Gasteiger partial charge on any atom is -0.302 e. The third kappa shape index (κ3) is 1.94. The maximum atomic E-state index is 12.3. The predicted octanol–water partition coefficient (Wildman–Crippen LogP) is 3.67. The van der Waals surface area contributed by atoms with Gasteiger partial charge in [-0.2, -0.15) is 0 Å². The van der Waals surface area contributed by atoms with Gasteiger partial charge < -0.3 is 5.32 Å². The van der Waals surface area contributed by atoms with Crippen LogP contribution in [0.3, 0.4) is 0 Å². The van der Waals surface area contributed by atoms with E-state index in [2.05, 4.69) is 10.3 Å². The van der Waals surface area contributed by atoms with Crippen LogP contribution in [0.2, 0.25) is 0 Å². The van der Waals surface area contributed by atoms with Gasteiger partial charge in [0.2, 0.25) is 5.91 Å². The van der Waals surface area contributed by atoms with Gasteiger partial charge in [-0.3, -0.25) is 4.79 Å². The average Bonchev–Trinajstić information content (AvgIpc) is 3.12. The molecule has 1 amide bonds. The van der Waals surface area contributed by atoms with Crippen molar-refractivity contribution in [3.8, 4) is 0 Å². The monoisotopic (exact) mass is 272 g/mol. The molecule has 2 aliphatic carbocycles. The number of benzene rings is 1. The van der Waals surface area contributed by atoms with E-state index in [1.807, 2.05) is 24.3 Å². The van der Waals surface area contributed by atoms with Crippen molar-refractivity contribution in [2.45, 2.75) is 25.7 Å². The maximum Gasteiger partial charge on any atom is 0.229 e. The number of nitrogens with zero attached hydrogens (tertiary/aromatic N) is 1. The van der Waals surface area contributed by atoms with Crippen molar-refractivity contribution >= 4 is 32.6 Å². The SMILES string of the molecule is O=C(Nc1nc2ccccc2s1)[C@H]1C[C@@H]2CC[C@@H]1C2. The van der Waals surface area contributed by atoms with Gasteiger partial charge in [0.15, 0.2) is 5.13 Å². The van der Waals surface area contributed by atoms with E-state index in [0.717, 1.165) is 27.7 Å². The second-order valence-electron chi connectivity index (χ2n) is 5.76. The van der Waals surface area contributed by atoms with Gasteiger partial charge in [-0.25, -0.2) is 4.98 Å². The highest BCUT2D eigenvalue weighted by Gasteiger charge is 2.43. The molecule has 0 unspecified atom stereocenters. The summed E-state index contributed by atoms with van der Waals surface area (Å²) in [6.07, 6.45) is 4.91. The van der Waals surface area contributed by atoms with Crippen molar-refractivity contribution in [3.05, 3.63) is 24.3 Å². The van der Waals surface area contributed by atoms with Crippen molar-refractivity contribution in [1.29, 1.82) is 0 Å². The molecule has 3 nitrogen and oxygen atoms in total. The van der Waals surface area contributed by atoms with Crippen LogP contribution in [0.4, 0.5) is 5.13 Å². The summed E-state index contributed by atoms with van der Waals surface area (Å²) in [6, 6.07) is 8.00. The van der Waals surface area contributed by atoms with Crippen LogP contribution in [0.25, 0.3) is 10.2 Å². The highest BCUT2D eigenvalue weighted by molar-refractivity contribution is 7.22. The van der Waals surface area contributed by atoms with Crippen molar-refractivity contribution < 1.29 is 4.79 Å². The smallest absolute Gasteiger partial charge is 0.229 e. The van der Waals surface area contributed by atoms with Crippen molar-refractivity contribution in [3.63, 3.8) is 0 Å². The Morgan fingerprint density at radius 2 is 2.16 bits per heavy atom. The van der Waals surface area contributed by atoms with Crippen molar-refractivity contribution in [2.24, 2.45) is 17.8 Å². The standard InChI is InChI=1S/C15H16N2OS/c18-14(11-8-9-5-6-10(11)7-9)17-15-16-12-3-1-2-4-13(12)19-15/h1-4,9-11H,5-8H2,(H,16,17,18)/t9-,10-,11+/m1/s1. The molecule has 2 bridgehead atoms. The molecule has 2 fully saturated rings. The topological polar surface area (TPSA) is 42.0 Å². The Balaban J connectivity index is 1.53. The van der Waals surface area contributed by atoms with Crippen molar-refractivity contribution in [2.75, 3.05) is 5.32 Å². The summed E-state index contributed by atoms with van der Waals surface area (Å²) in [5.74, 6) is 1.84. The highest BCUT2D eigenvalue weighted by Crippen LogP contribution is 2.48. The van der Waals surface area contributed by atoms with Gasteiger partial charge in [0.25, 0.3) is 0 Å². The maximum absolute atomic E-state index is 12.3. The van der Waals surface area contributed by atoms with Crippen LogP contribution in [-0.2, 0) is 4.79 Å². The van der Waals surface area contributed by atoms with Crippen LogP contribution in [0.5, 0.6) is 0 Å². The summed E-state index contributed by atoms with van der Waals surface area (Å²) < 4.78 is 1.13. The largest absolute Gasteiger partial charge is 0.302 e. The number of hydrogen-bond acceptors (Lipinski definition) is 3. The van der Waals surface area contributed by atoms with Crippen LogP contribution >= 0.6 is 11.3 Å². The molecule has 2 aromatic rings. The van der Waals surface area contributed by atoms with E-state index in [4.69, 9.17) is 0 Å². The number of aromatic nitrogens is 1. The van der Waals surface area contributed by atoms with Gasteiger partial charge in [0.05, 0.1) is 10.2 Å². The summed E-state index contributed by atoms with van der Waals surface area (Å²) in [4.78, 5) is 16.8. The first-order valence-corrected chi connectivity index (χ1v) is 7.77. The molecule has 0 spiro atoms. The Morgan fingerprint density at radius 1 is 1.26 bits per heavy atom. The zero-order valence-corrected chi connectivity index (χ0v) is 11.5. The van der Waals surface area contributed by atoms with E-state index >= 15 is 0 Å². The summed E-state index contributed by atoms with van der Waals surface area (Å²) in [5.41, 5.74) is 0.968. The van der Waals surface area contributed by atoms with Gasteiger partial charge in [0.1, 0.15) is 0 Å². The van der Waals surface area contributed by atoms with E-state index < -0.39 is 0 Å². The van der Waals surface area contributed by atoms with E-state index in [9.17, 15) is 4.79 Å². The average molecular weight is 272 g/mol. The molecular formula is C15H16N2OS. The zero-order chi connectivity index (χ0) is 12.8. The summed E-state index contributed by atoms with van der Waals surface area (Å²) in [7, 11) is 0. The van der Waals surface area contributed by atoms with Gasteiger partial charge >= 0.3 is 0 Å². The van der Waals surface area contributed by atoms with Crippen LogP contribution in [0.1, 0.15) is 25.7 Å². The molecule has 0 radical (unpaired) electrons. The second kappa shape index (κ2) is 4.30. The quantitative estimate of drug-likeness (QED) is 0.906. The zero-order valence-electron chi connectivity index (χ0n) is 10.6. The highest BCUT2D eigenvalue weighted by atomic mass is 32.1. The predicted molar refractivity (Wildman–Crippen MR) is 77.2 cm³/mol. The molecule has 19 heavy (non-hydrogen) atoms. The molecule has 98 valence electrons. The van der Waals surface area contributed by atoms with Gasteiger partial charge in [-0.1, -0.05) is 29.9 Å². The molecular weight excluding hydrogens is 256 g/mol. The molecule has 0 saturated heterocycles. The lowest BCUT2D eigenvalue weighted by Crippen LogP contribution is -2.27. The Kier molecular flexibility index (Phi) is 2.58. The summed E-state index contributed by atoms with van der Waals surface area (Å²) in [6.45, 7) is 0. The van der Waals surface area contributed by atoms with Crippen LogP contribution in [0, 0.1) is 17.8 Å². The lowest BCUT2D eigenvalue weighted by Gasteiger charge is -2.19. The first-order chi connectivity index (χ1) is 9.29. The lowest BCUT2D eigenvalue weighted by molar-refractivity contribution is -0.121. The minimum atomic E-state index is 0.186. The third-order valence-electron chi connectivity index (χ3n) is 4.60. The van der Waals surface area contributed by atoms with E-state index in [-0.39, 0.29) is 11.8 Å². The lowest BCUT2D eigenvalue weighted by atomic mass is 9.88. The number of hydrogen-bond donors (Lipinski definition) is 1. The number of carbonyl (C=O) groups is 1. The van der Waals surface area contributed by atoms with Crippen LogP contribution < -0.4 is 5.32 Å². The first-order valence-electron chi connectivity index (χ1n) is 6.96. The van der Waals surface area contributed by atoms with E-state index in [1.54, 1.807) is 11.3 Å². The number of fused-ring (bicyclic) bond motifs is 3. The fraction of sp³-hybridized carbons (Fsp3) is 0.467. The Bertz CT molecular complexity index is 603. The minimum absolute atomic E-state index is 0.186. The number of para-hydroxylation sites is 1. The van der Waals surface area contributed by atoms with E-state index in [0.29, 0.717) is 5.92 Å². The molecule has 0 aliphatic heterocycles. The number of nitrogens with one attached hydrogen (secondary N) is 1. The Morgan fingerprint density at radius 3 is 2.89 bits per heavy atom. The number of carbonyl (C=O) groups excluding carboxylic acids is 1. The molecule has 1 aromatic heterocycles. The molecule has 3 atom stereocenters. The molecule has 1 heterocycles. The van der Waals surface area contributed by atoms with Gasteiger partial charge in [-0.05, 0) is 43.2 Å². The third-order valence-corrected chi connectivity index (χ3v) is 5.55. The molecule has 2 saturated carbocycles. The Hall–Kier alpha value is -1.42. The van der Waals surface area contributed by atoms with Crippen molar-refractivity contribution in [1.82, 2.24) is 4.98 Å². The van der Waals surface area contributed by atoms with Gasteiger partial charge in [-0.15, -0.1) is 0 Å². The van der Waals surface area contributed by atoms with Crippen LogP contribution in [0.15, 0.2) is 24.3 Å². The molecule has 1 N–H and O–H groups in total. The Labute approximate surface area is 116 Å². The van der Waals surface area contributed by atoms with Gasteiger partial charge in [0, 0.05) is 5.92 Å². The number of rotatable bonds is 2. The molecule has 4 rings (SSSR count). The second-order valence-corrected chi connectivity index (χ2v) is 6.79. The van der Waals surface area contributed by atoms with Crippen LogP contribution in [-0.4, -0.2) is 10.9 Å². The summed E-state index contributed by atoms with van der Waals surface area (Å²) >= 11 is 1.56. The first kappa shape index (κ1) is 11.4. The number of thiazole rings is 1. The fourth-order valence-corrected chi connectivity index (χ4v) is 4.56. The molecule has 1 aromatic carbocycles. The normalized spacial score (nSPS) is 28.9. The number of anilines is 1. The summed E-state index contributed by atoms with van der Waals surface area (Å²) in [5, 5.41) is 3.77. The number of amides is 1. The fourth-order valence-electron chi connectivity index (χ4n) is 3.69. The molecule has 4 heteroatoms. The van der Waals surface area contributed by atoms with E-state index in [1.165, 1.54) is 19.3 Å². The molecule has 2 aliphatic rings.